The van der Waals surface area contributed by atoms with Crippen LogP contribution >= 0.6 is 0 Å². The van der Waals surface area contributed by atoms with Crippen LogP contribution in [0.15, 0.2) is 55.0 Å². The highest BCUT2D eigenvalue weighted by molar-refractivity contribution is 5.71. The number of ether oxygens (including phenoxy) is 1. The molecule has 0 aliphatic carbocycles. The average molecular weight is 326 g/mol. The minimum absolute atomic E-state index is 0.00620. The van der Waals surface area contributed by atoms with E-state index in [4.69, 9.17) is 4.74 Å². The van der Waals surface area contributed by atoms with E-state index in [1.165, 1.54) is 12.1 Å². The summed E-state index contributed by atoms with van der Waals surface area (Å²) in [7, 11) is 0. The topological polar surface area (TPSA) is 35.0 Å². The predicted molar refractivity (Wildman–Crippen MR) is 88.4 cm³/mol. The first-order valence-corrected chi connectivity index (χ1v) is 7.49. The monoisotopic (exact) mass is 326 g/mol. The summed E-state index contributed by atoms with van der Waals surface area (Å²) >= 11 is 0. The molecule has 0 fully saturated rings. The SMILES string of the molecule is Cc1ccncc1-c1cccnc1Oc1ccc(C(F)F)c(C)c1. The number of aryl methyl sites for hydroxylation is 2. The fraction of sp³-hybridized carbons (Fsp3) is 0.158. The molecular formula is C19H16F2N2O. The molecule has 3 nitrogen and oxygen atoms in total. The molecule has 0 aliphatic rings. The van der Waals surface area contributed by atoms with E-state index in [0.717, 1.165) is 16.7 Å². The van der Waals surface area contributed by atoms with Gasteiger partial charge in [-0.1, -0.05) is 0 Å². The molecule has 0 saturated carbocycles. The molecular weight excluding hydrogens is 310 g/mol. The maximum absolute atomic E-state index is 12.9. The zero-order valence-corrected chi connectivity index (χ0v) is 13.3. The molecule has 3 rings (SSSR count). The number of aromatic nitrogens is 2. The van der Waals surface area contributed by atoms with Gasteiger partial charge in [-0.05, 0) is 61.4 Å². The number of benzene rings is 1. The molecule has 0 spiro atoms. The molecule has 0 unspecified atom stereocenters. The summed E-state index contributed by atoms with van der Waals surface area (Å²) in [6.45, 7) is 3.62. The number of pyridine rings is 2. The standard InChI is InChI=1S/C19H16F2N2O/c1-12-7-9-22-11-17(12)16-4-3-8-23-19(16)24-14-5-6-15(18(20)21)13(2)10-14/h3-11,18H,1-2H3. The van der Waals surface area contributed by atoms with Gasteiger partial charge in [-0.15, -0.1) is 0 Å². The average Bonchev–Trinajstić information content (AvgIpc) is 2.56. The van der Waals surface area contributed by atoms with E-state index in [9.17, 15) is 8.78 Å². The first-order valence-electron chi connectivity index (χ1n) is 7.49. The number of alkyl halides is 2. The summed E-state index contributed by atoms with van der Waals surface area (Å²) in [4.78, 5) is 8.43. The smallest absolute Gasteiger partial charge is 0.264 e. The van der Waals surface area contributed by atoms with Crippen LogP contribution in [0.5, 0.6) is 11.6 Å². The van der Waals surface area contributed by atoms with Crippen molar-refractivity contribution in [3.8, 4) is 22.8 Å². The quantitative estimate of drug-likeness (QED) is 0.636. The summed E-state index contributed by atoms with van der Waals surface area (Å²) in [5, 5.41) is 0. The Hall–Kier alpha value is -2.82. The maximum Gasteiger partial charge on any atom is 0.264 e. The van der Waals surface area contributed by atoms with Gasteiger partial charge >= 0.3 is 0 Å². The zero-order chi connectivity index (χ0) is 17.1. The second kappa shape index (κ2) is 6.74. The van der Waals surface area contributed by atoms with Gasteiger partial charge in [-0.3, -0.25) is 4.98 Å². The van der Waals surface area contributed by atoms with Gasteiger partial charge in [0, 0.05) is 35.3 Å². The number of rotatable bonds is 4. The maximum atomic E-state index is 12.9. The van der Waals surface area contributed by atoms with Crippen molar-refractivity contribution in [1.82, 2.24) is 9.97 Å². The van der Waals surface area contributed by atoms with E-state index in [-0.39, 0.29) is 5.56 Å². The highest BCUT2D eigenvalue weighted by atomic mass is 19.3. The van der Waals surface area contributed by atoms with E-state index >= 15 is 0 Å². The Morgan fingerprint density at radius 1 is 0.958 bits per heavy atom. The van der Waals surface area contributed by atoms with Crippen LogP contribution in [0.4, 0.5) is 8.78 Å². The van der Waals surface area contributed by atoms with Crippen molar-refractivity contribution < 1.29 is 13.5 Å². The van der Waals surface area contributed by atoms with E-state index in [1.54, 1.807) is 31.6 Å². The first-order chi connectivity index (χ1) is 11.6. The summed E-state index contributed by atoms with van der Waals surface area (Å²) in [5.74, 6) is 0.885. The summed E-state index contributed by atoms with van der Waals surface area (Å²) < 4.78 is 31.6. The van der Waals surface area contributed by atoms with Crippen molar-refractivity contribution in [1.29, 1.82) is 0 Å². The molecule has 2 heterocycles. The van der Waals surface area contributed by atoms with Crippen molar-refractivity contribution in [3.05, 3.63) is 71.7 Å². The molecule has 0 bridgehead atoms. The summed E-state index contributed by atoms with van der Waals surface area (Å²) in [6, 6.07) is 10.1. The molecule has 0 saturated heterocycles. The highest BCUT2D eigenvalue weighted by Gasteiger charge is 2.14. The minimum Gasteiger partial charge on any atom is -0.438 e. The number of hydrogen-bond donors (Lipinski definition) is 0. The Balaban J connectivity index is 1.97. The van der Waals surface area contributed by atoms with Crippen LogP contribution in [0, 0.1) is 13.8 Å². The van der Waals surface area contributed by atoms with Gasteiger partial charge in [-0.25, -0.2) is 13.8 Å². The van der Waals surface area contributed by atoms with Crippen LogP contribution in [0.25, 0.3) is 11.1 Å². The van der Waals surface area contributed by atoms with E-state index in [0.29, 0.717) is 17.2 Å². The fourth-order valence-electron chi connectivity index (χ4n) is 2.49. The zero-order valence-electron chi connectivity index (χ0n) is 13.3. The summed E-state index contributed by atoms with van der Waals surface area (Å²) in [5.41, 5.74) is 3.26. The predicted octanol–water partition coefficient (Wildman–Crippen LogP) is 5.49. The van der Waals surface area contributed by atoms with Crippen LogP contribution in [-0.2, 0) is 0 Å². The van der Waals surface area contributed by atoms with E-state index in [2.05, 4.69) is 9.97 Å². The molecule has 3 aromatic rings. The Bertz CT molecular complexity index is 865. The van der Waals surface area contributed by atoms with Crippen LogP contribution in [0.3, 0.4) is 0 Å². The lowest BCUT2D eigenvalue weighted by molar-refractivity contribution is 0.150. The summed E-state index contributed by atoms with van der Waals surface area (Å²) in [6.07, 6.45) is 2.61. The van der Waals surface area contributed by atoms with Gasteiger partial charge in [-0.2, -0.15) is 0 Å². The Morgan fingerprint density at radius 3 is 2.50 bits per heavy atom. The third-order valence-electron chi connectivity index (χ3n) is 3.79. The highest BCUT2D eigenvalue weighted by Crippen LogP contribution is 2.34. The van der Waals surface area contributed by atoms with Crippen LogP contribution in [0.2, 0.25) is 0 Å². The Kier molecular flexibility index (Phi) is 4.51. The molecule has 0 atom stereocenters. The lowest BCUT2D eigenvalue weighted by atomic mass is 10.0. The van der Waals surface area contributed by atoms with E-state index < -0.39 is 6.43 Å². The van der Waals surface area contributed by atoms with Gasteiger partial charge in [0.05, 0.1) is 0 Å². The second-order valence-corrected chi connectivity index (χ2v) is 5.47. The van der Waals surface area contributed by atoms with E-state index in [1.807, 2.05) is 25.1 Å². The first kappa shape index (κ1) is 16.1. The molecule has 24 heavy (non-hydrogen) atoms. The number of halogens is 2. The third kappa shape index (κ3) is 3.25. The van der Waals surface area contributed by atoms with Crippen molar-refractivity contribution in [2.24, 2.45) is 0 Å². The van der Waals surface area contributed by atoms with Gasteiger partial charge in [0.2, 0.25) is 5.88 Å². The number of nitrogens with zero attached hydrogens (tertiary/aromatic N) is 2. The molecule has 1 aromatic carbocycles. The van der Waals surface area contributed by atoms with Crippen molar-refractivity contribution >= 4 is 0 Å². The van der Waals surface area contributed by atoms with Crippen molar-refractivity contribution in [3.63, 3.8) is 0 Å². The van der Waals surface area contributed by atoms with Crippen molar-refractivity contribution in [2.75, 3.05) is 0 Å². The Morgan fingerprint density at radius 2 is 1.79 bits per heavy atom. The number of hydrogen-bond acceptors (Lipinski definition) is 3. The minimum atomic E-state index is -2.50. The molecule has 2 aromatic heterocycles. The molecule has 0 aliphatic heterocycles. The molecule has 0 radical (unpaired) electrons. The molecule has 0 N–H and O–H groups in total. The fourth-order valence-corrected chi connectivity index (χ4v) is 2.49. The second-order valence-electron chi connectivity index (χ2n) is 5.47. The Labute approximate surface area is 139 Å². The lowest BCUT2D eigenvalue weighted by Gasteiger charge is -2.13. The normalized spacial score (nSPS) is 10.9. The van der Waals surface area contributed by atoms with Gasteiger partial charge < -0.3 is 4.74 Å². The third-order valence-corrected chi connectivity index (χ3v) is 3.79. The van der Waals surface area contributed by atoms with Gasteiger partial charge in [0.25, 0.3) is 6.43 Å². The van der Waals surface area contributed by atoms with Gasteiger partial charge in [0.15, 0.2) is 0 Å². The van der Waals surface area contributed by atoms with Crippen LogP contribution < -0.4 is 4.74 Å². The largest absolute Gasteiger partial charge is 0.438 e. The van der Waals surface area contributed by atoms with Crippen LogP contribution in [-0.4, -0.2) is 9.97 Å². The lowest BCUT2D eigenvalue weighted by Crippen LogP contribution is -1.95. The van der Waals surface area contributed by atoms with Gasteiger partial charge in [0.1, 0.15) is 5.75 Å². The molecule has 0 amide bonds. The molecule has 122 valence electrons. The van der Waals surface area contributed by atoms with Crippen molar-refractivity contribution in [2.45, 2.75) is 20.3 Å². The van der Waals surface area contributed by atoms with Crippen LogP contribution in [0.1, 0.15) is 23.1 Å². The molecule has 5 heteroatoms.